The number of hydrogen-bond donors (Lipinski definition) is 1. The molecule has 0 spiro atoms. The number of nitrogens with zero attached hydrogens (tertiary/aromatic N) is 1. The molecule has 3 rings (SSSR count). The second-order valence-corrected chi connectivity index (χ2v) is 6.14. The maximum absolute atomic E-state index is 12.2. The average molecular weight is 273 g/mol. The molecule has 2 atom stereocenters. The summed E-state index contributed by atoms with van der Waals surface area (Å²) in [5.41, 5.74) is 0. The normalized spacial score (nSPS) is 32.1. The fraction of sp³-hybridized carbons (Fsp3) is 0.929. The van der Waals surface area contributed by atoms with E-state index in [0.717, 1.165) is 31.3 Å². The Kier molecular flexibility index (Phi) is 4.91. The Balaban J connectivity index is 0.00000120. The molecule has 104 valence electrons. The van der Waals surface area contributed by atoms with E-state index in [-0.39, 0.29) is 12.4 Å². The molecule has 1 aliphatic carbocycles. The van der Waals surface area contributed by atoms with Crippen LogP contribution in [-0.2, 0) is 4.79 Å². The lowest BCUT2D eigenvalue weighted by Gasteiger charge is -2.28. The summed E-state index contributed by atoms with van der Waals surface area (Å²) < 4.78 is 0. The monoisotopic (exact) mass is 272 g/mol. The van der Waals surface area contributed by atoms with Crippen molar-refractivity contribution in [1.29, 1.82) is 0 Å². The van der Waals surface area contributed by atoms with Gasteiger partial charge in [0.1, 0.15) is 0 Å². The van der Waals surface area contributed by atoms with Crippen molar-refractivity contribution >= 4 is 18.3 Å². The zero-order valence-electron chi connectivity index (χ0n) is 11.1. The lowest BCUT2D eigenvalue weighted by molar-refractivity contribution is -0.132. The van der Waals surface area contributed by atoms with Gasteiger partial charge >= 0.3 is 0 Å². The molecule has 1 amide bonds. The van der Waals surface area contributed by atoms with E-state index in [4.69, 9.17) is 0 Å². The van der Waals surface area contributed by atoms with E-state index in [1.54, 1.807) is 0 Å². The van der Waals surface area contributed by atoms with Gasteiger partial charge in [0.15, 0.2) is 0 Å². The fourth-order valence-corrected chi connectivity index (χ4v) is 3.54. The molecular formula is C14H25ClN2O. The highest BCUT2D eigenvalue weighted by molar-refractivity contribution is 5.85. The predicted octanol–water partition coefficient (Wildman–Crippen LogP) is 2.06. The second kappa shape index (κ2) is 6.25. The maximum Gasteiger partial charge on any atom is 0.222 e. The Morgan fingerprint density at radius 1 is 1.06 bits per heavy atom. The van der Waals surface area contributed by atoms with Crippen molar-refractivity contribution in [2.75, 3.05) is 26.2 Å². The van der Waals surface area contributed by atoms with Gasteiger partial charge in [-0.3, -0.25) is 4.79 Å². The van der Waals surface area contributed by atoms with Crippen LogP contribution in [0.25, 0.3) is 0 Å². The highest BCUT2D eigenvalue weighted by atomic mass is 35.5. The third-order valence-corrected chi connectivity index (χ3v) is 5.06. The summed E-state index contributed by atoms with van der Waals surface area (Å²) in [5, 5.41) is 3.48. The van der Waals surface area contributed by atoms with Crippen molar-refractivity contribution in [3.63, 3.8) is 0 Å². The van der Waals surface area contributed by atoms with Crippen molar-refractivity contribution < 1.29 is 4.79 Å². The lowest BCUT2D eigenvalue weighted by Crippen LogP contribution is -2.34. The molecule has 0 aromatic rings. The Bertz CT molecular complexity index is 280. The Morgan fingerprint density at radius 2 is 1.67 bits per heavy atom. The number of rotatable bonds is 2. The van der Waals surface area contributed by atoms with Crippen LogP contribution in [0, 0.1) is 17.8 Å². The largest absolute Gasteiger partial charge is 0.343 e. The second-order valence-electron chi connectivity index (χ2n) is 6.14. The van der Waals surface area contributed by atoms with Gasteiger partial charge in [0, 0.05) is 19.5 Å². The summed E-state index contributed by atoms with van der Waals surface area (Å²) in [6.45, 7) is 4.37. The van der Waals surface area contributed by atoms with E-state index in [2.05, 4.69) is 10.2 Å². The first kappa shape index (κ1) is 14.1. The van der Waals surface area contributed by atoms with E-state index in [1.165, 1.54) is 45.2 Å². The van der Waals surface area contributed by atoms with E-state index in [1.807, 2.05) is 0 Å². The molecule has 2 aliphatic heterocycles. The first-order valence-corrected chi connectivity index (χ1v) is 7.31. The van der Waals surface area contributed by atoms with E-state index in [0.29, 0.717) is 11.8 Å². The SMILES string of the molecule is Cl.O=C(CC1CCC1)N1CC[C@@H]2CNC[C@@H]2CC1. The first-order chi connectivity index (χ1) is 8.33. The van der Waals surface area contributed by atoms with Gasteiger partial charge in [-0.1, -0.05) is 6.42 Å². The predicted molar refractivity (Wildman–Crippen MR) is 74.9 cm³/mol. The Labute approximate surface area is 116 Å². The van der Waals surface area contributed by atoms with E-state index >= 15 is 0 Å². The summed E-state index contributed by atoms with van der Waals surface area (Å²) in [6.07, 6.45) is 7.17. The van der Waals surface area contributed by atoms with Gasteiger partial charge < -0.3 is 10.2 Å². The molecule has 1 saturated carbocycles. The van der Waals surface area contributed by atoms with Crippen molar-refractivity contribution in [3.8, 4) is 0 Å². The van der Waals surface area contributed by atoms with Gasteiger partial charge in [0.25, 0.3) is 0 Å². The van der Waals surface area contributed by atoms with Gasteiger partial charge in [-0.05, 0) is 56.5 Å². The quantitative estimate of drug-likeness (QED) is 0.835. The number of nitrogens with one attached hydrogen (secondary N) is 1. The average Bonchev–Trinajstić information content (AvgIpc) is 2.62. The fourth-order valence-electron chi connectivity index (χ4n) is 3.54. The van der Waals surface area contributed by atoms with Crippen LogP contribution >= 0.6 is 12.4 Å². The van der Waals surface area contributed by atoms with Gasteiger partial charge in [-0.25, -0.2) is 0 Å². The van der Waals surface area contributed by atoms with Gasteiger partial charge in [-0.2, -0.15) is 0 Å². The van der Waals surface area contributed by atoms with Crippen LogP contribution in [0.4, 0.5) is 0 Å². The van der Waals surface area contributed by atoms with E-state index < -0.39 is 0 Å². The minimum absolute atomic E-state index is 0. The Hall–Kier alpha value is -0.280. The zero-order valence-corrected chi connectivity index (χ0v) is 11.9. The van der Waals surface area contributed by atoms with Crippen LogP contribution in [-0.4, -0.2) is 37.0 Å². The number of halogens is 1. The minimum Gasteiger partial charge on any atom is -0.343 e. The molecule has 1 N–H and O–H groups in total. The third kappa shape index (κ3) is 3.00. The Morgan fingerprint density at radius 3 is 2.17 bits per heavy atom. The standard InChI is InChI=1S/C14H24N2O.ClH/c17-14(8-11-2-1-3-11)16-6-4-12-9-15-10-13(12)5-7-16;/h11-13,15H,1-10H2;1H/t12-,13+;. The highest BCUT2D eigenvalue weighted by Gasteiger charge is 2.32. The summed E-state index contributed by atoms with van der Waals surface area (Å²) in [7, 11) is 0. The molecule has 3 fully saturated rings. The van der Waals surface area contributed by atoms with Crippen molar-refractivity contribution in [3.05, 3.63) is 0 Å². The molecule has 0 unspecified atom stereocenters. The summed E-state index contributed by atoms with van der Waals surface area (Å²) >= 11 is 0. The highest BCUT2D eigenvalue weighted by Crippen LogP contribution is 2.31. The van der Waals surface area contributed by atoms with Crippen LogP contribution in [0.5, 0.6) is 0 Å². The molecule has 0 aromatic carbocycles. The van der Waals surface area contributed by atoms with Crippen LogP contribution in [0.15, 0.2) is 0 Å². The van der Waals surface area contributed by atoms with Gasteiger partial charge in [0.05, 0.1) is 0 Å². The smallest absolute Gasteiger partial charge is 0.222 e. The van der Waals surface area contributed by atoms with E-state index in [9.17, 15) is 4.79 Å². The molecule has 2 heterocycles. The number of fused-ring (bicyclic) bond motifs is 1. The van der Waals surface area contributed by atoms with Crippen LogP contribution in [0.2, 0.25) is 0 Å². The summed E-state index contributed by atoms with van der Waals surface area (Å²) in [6, 6.07) is 0. The molecule has 0 radical (unpaired) electrons. The molecule has 18 heavy (non-hydrogen) atoms. The number of carbonyl (C=O) groups excluding carboxylic acids is 1. The number of carbonyl (C=O) groups is 1. The molecule has 4 heteroatoms. The zero-order chi connectivity index (χ0) is 11.7. The topological polar surface area (TPSA) is 32.3 Å². The van der Waals surface area contributed by atoms with Crippen LogP contribution < -0.4 is 5.32 Å². The molecule has 0 bridgehead atoms. The van der Waals surface area contributed by atoms with Gasteiger partial charge in [-0.15, -0.1) is 12.4 Å². The molecular weight excluding hydrogens is 248 g/mol. The summed E-state index contributed by atoms with van der Waals surface area (Å²) in [4.78, 5) is 14.3. The molecule has 3 nitrogen and oxygen atoms in total. The molecule has 0 aromatic heterocycles. The third-order valence-electron chi connectivity index (χ3n) is 5.06. The first-order valence-electron chi connectivity index (χ1n) is 7.31. The summed E-state index contributed by atoms with van der Waals surface area (Å²) in [5.74, 6) is 2.81. The maximum atomic E-state index is 12.2. The van der Waals surface area contributed by atoms with Crippen LogP contribution in [0.1, 0.15) is 38.5 Å². The molecule has 2 saturated heterocycles. The van der Waals surface area contributed by atoms with Crippen molar-refractivity contribution in [2.24, 2.45) is 17.8 Å². The van der Waals surface area contributed by atoms with Crippen LogP contribution in [0.3, 0.4) is 0 Å². The number of hydrogen-bond acceptors (Lipinski definition) is 2. The van der Waals surface area contributed by atoms with Crippen molar-refractivity contribution in [2.45, 2.75) is 38.5 Å². The number of likely N-dealkylation sites (tertiary alicyclic amines) is 1. The lowest BCUT2D eigenvalue weighted by atomic mass is 9.82. The van der Waals surface area contributed by atoms with Gasteiger partial charge in [0.2, 0.25) is 5.91 Å². The number of amides is 1. The minimum atomic E-state index is 0. The van der Waals surface area contributed by atoms with Crippen molar-refractivity contribution in [1.82, 2.24) is 10.2 Å². The molecule has 3 aliphatic rings.